The summed E-state index contributed by atoms with van der Waals surface area (Å²) in [5, 5.41) is 21.9. The van der Waals surface area contributed by atoms with Crippen LogP contribution in [0.3, 0.4) is 0 Å². The number of methoxy groups -OCH3 is 2. The summed E-state index contributed by atoms with van der Waals surface area (Å²) in [5.41, 5.74) is 5.92. The van der Waals surface area contributed by atoms with Crippen LogP contribution in [0, 0.1) is 5.41 Å². The van der Waals surface area contributed by atoms with E-state index in [2.05, 4.69) is 15.4 Å². The van der Waals surface area contributed by atoms with Crippen LogP contribution in [0.25, 0.3) is 0 Å². The molecule has 0 spiro atoms. The number of nitrogen functional groups attached to an aromatic ring is 1. The zero-order valence-electron chi connectivity index (χ0n) is 16.5. The summed E-state index contributed by atoms with van der Waals surface area (Å²) < 4.78 is 10.6. The normalized spacial score (nSPS) is 10.2. The topological polar surface area (TPSA) is 169 Å². The molecule has 0 aliphatic heterocycles. The van der Waals surface area contributed by atoms with E-state index < -0.39 is 24.2 Å². The molecule has 2 rings (SSSR count). The molecule has 0 saturated carbocycles. The first-order valence-electron chi connectivity index (χ1n) is 8.77. The minimum absolute atomic E-state index is 0.0247. The fourth-order valence-corrected chi connectivity index (χ4v) is 2.61. The van der Waals surface area contributed by atoms with Gasteiger partial charge >= 0.3 is 6.09 Å². The predicted octanol–water partition coefficient (Wildman–Crippen LogP) is 0.128. The van der Waals surface area contributed by atoms with Crippen LogP contribution in [0.15, 0.2) is 35.1 Å². The minimum Gasteiger partial charge on any atom is -0.494 e. The first-order chi connectivity index (χ1) is 14.3. The maximum atomic E-state index is 12.8. The fraction of sp³-hybridized carbons (Fsp3) is 0.263. The molecule has 1 heterocycles. The van der Waals surface area contributed by atoms with Crippen molar-refractivity contribution in [3.8, 4) is 5.75 Å². The van der Waals surface area contributed by atoms with E-state index in [1.54, 1.807) is 24.3 Å². The first kappa shape index (κ1) is 22.4. The van der Waals surface area contributed by atoms with Crippen LogP contribution < -0.4 is 26.7 Å². The summed E-state index contributed by atoms with van der Waals surface area (Å²) >= 11 is 0. The number of aliphatic hydroxyl groups excluding tert-OH is 1. The van der Waals surface area contributed by atoms with E-state index in [1.165, 1.54) is 13.2 Å². The molecular weight excluding hydrogens is 394 g/mol. The third-order valence-corrected chi connectivity index (χ3v) is 4.20. The molecule has 0 unspecified atom stereocenters. The molecule has 0 aliphatic rings. The summed E-state index contributed by atoms with van der Waals surface area (Å²) in [5.74, 6) is -0.523. The first-order valence-corrected chi connectivity index (χ1v) is 8.77. The van der Waals surface area contributed by atoms with Gasteiger partial charge in [0.15, 0.2) is 5.69 Å². The zero-order chi connectivity index (χ0) is 22.3. The van der Waals surface area contributed by atoms with Crippen LogP contribution in [-0.2, 0) is 29.2 Å². The lowest BCUT2D eigenvalue weighted by Gasteiger charge is -2.16. The number of nitrogens with one attached hydrogen (secondary N) is 3. The van der Waals surface area contributed by atoms with E-state index in [-0.39, 0.29) is 36.1 Å². The van der Waals surface area contributed by atoms with Crippen molar-refractivity contribution in [1.82, 2.24) is 9.88 Å². The van der Waals surface area contributed by atoms with E-state index in [9.17, 15) is 19.5 Å². The van der Waals surface area contributed by atoms with Crippen molar-refractivity contribution in [2.24, 2.45) is 5.73 Å². The van der Waals surface area contributed by atoms with Crippen molar-refractivity contribution in [2.75, 3.05) is 19.5 Å². The van der Waals surface area contributed by atoms with Gasteiger partial charge in [-0.1, -0.05) is 24.3 Å². The molecule has 0 atom stereocenters. The van der Waals surface area contributed by atoms with E-state index in [0.29, 0.717) is 5.56 Å². The second-order valence-electron chi connectivity index (χ2n) is 6.13. The number of nitrogens with two attached hydrogens (primary N) is 1. The number of pyridine rings is 1. The van der Waals surface area contributed by atoms with Gasteiger partial charge in [-0.2, -0.15) is 0 Å². The van der Waals surface area contributed by atoms with Gasteiger partial charge in [-0.25, -0.2) is 4.79 Å². The Morgan fingerprint density at radius 1 is 1.23 bits per heavy atom. The molecule has 11 heteroatoms. The Balaban J connectivity index is 2.20. The highest BCUT2D eigenvalue weighted by molar-refractivity contribution is 5.94. The maximum Gasteiger partial charge on any atom is 0.411 e. The molecule has 1 aromatic carbocycles. The van der Waals surface area contributed by atoms with E-state index in [0.717, 1.165) is 17.2 Å². The number of carbonyl (C=O) groups excluding carboxylic acids is 2. The van der Waals surface area contributed by atoms with Crippen molar-refractivity contribution in [3.05, 3.63) is 57.5 Å². The van der Waals surface area contributed by atoms with Crippen molar-refractivity contribution in [2.45, 2.75) is 19.7 Å². The molecule has 0 fully saturated rings. The number of rotatable bonds is 8. The van der Waals surface area contributed by atoms with Gasteiger partial charge in [0, 0.05) is 18.2 Å². The smallest absolute Gasteiger partial charge is 0.411 e. The molecule has 0 bridgehead atoms. The molecule has 2 aromatic rings. The third-order valence-electron chi connectivity index (χ3n) is 4.20. The lowest BCUT2D eigenvalue weighted by Crippen LogP contribution is -2.35. The largest absolute Gasteiger partial charge is 0.494 e. The Morgan fingerprint density at radius 3 is 2.43 bits per heavy atom. The monoisotopic (exact) mass is 417 g/mol. The summed E-state index contributed by atoms with van der Waals surface area (Å²) in [6, 6.07) is 8.10. The Labute approximate surface area is 171 Å². The maximum absolute atomic E-state index is 12.8. The third kappa shape index (κ3) is 5.35. The lowest BCUT2D eigenvalue weighted by atomic mass is 10.1. The number of aliphatic hydroxyl groups is 1. The molecule has 6 N–H and O–H groups in total. The number of amidine groups is 1. The number of hydrogen-bond donors (Lipinski definition) is 5. The number of amides is 2. The number of aromatic nitrogens is 1. The number of anilines is 1. The number of benzene rings is 1. The van der Waals surface area contributed by atoms with Crippen LogP contribution in [-0.4, -0.2) is 41.7 Å². The second kappa shape index (κ2) is 10.1. The molecule has 2 amide bonds. The quantitative estimate of drug-likeness (QED) is 0.300. The SMILES string of the molecule is COC(=O)Nc1c(OC)cc(CO)n(CC(=O)NCc2ccc(C(=N)N)cc2)c1=O. The van der Waals surface area contributed by atoms with Crippen molar-refractivity contribution in [1.29, 1.82) is 5.41 Å². The second-order valence-corrected chi connectivity index (χ2v) is 6.13. The fourth-order valence-electron chi connectivity index (χ4n) is 2.61. The molecule has 11 nitrogen and oxygen atoms in total. The molecule has 0 radical (unpaired) electrons. The Hall–Kier alpha value is -3.86. The zero-order valence-corrected chi connectivity index (χ0v) is 16.5. The molecule has 0 aliphatic carbocycles. The standard InChI is InChI=1S/C19H23N5O6/c1-29-14-7-13(10-25)24(18(27)16(14)23-19(28)30-2)9-15(26)22-8-11-3-5-12(6-4-11)17(20)21/h3-7,25H,8-10H2,1-2H3,(H3,20,21)(H,22,26)(H,23,28). The Morgan fingerprint density at radius 2 is 1.90 bits per heavy atom. The minimum atomic E-state index is -0.882. The number of hydrogen-bond acceptors (Lipinski definition) is 7. The van der Waals surface area contributed by atoms with Gasteiger partial charge in [0.25, 0.3) is 5.56 Å². The van der Waals surface area contributed by atoms with Crippen molar-refractivity contribution < 1.29 is 24.2 Å². The molecule has 1 aromatic heterocycles. The molecular formula is C19H23N5O6. The van der Waals surface area contributed by atoms with Crippen LogP contribution in [0.4, 0.5) is 10.5 Å². The molecule has 0 saturated heterocycles. The number of ether oxygens (including phenoxy) is 2. The Bertz CT molecular complexity index is 1000. The molecule has 160 valence electrons. The van der Waals surface area contributed by atoms with Crippen molar-refractivity contribution >= 4 is 23.5 Å². The summed E-state index contributed by atoms with van der Waals surface area (Å²) in [7, 11) is 2.44. The van der Waals surface area contributed by atoms with E-state index in [1.807, 2.05) is 0 Å². The van der Waals surface area contributed by atoms with Gasteiger partial charge in [0.05, 0.1) is 26.5 Å². The lowest BCUT2D eigenvalue weighted by molar-refractivity contribution is -0.121. The number of carbonyl (C=O) groups is 2. The predicted molar refractivity (Wildman–Crippen MR) is 109 cm³/mol. The van der Waals surface area contributed by atoms with Crippen molar-refractivity contribution in [3.63, 3.8) is 0 Å². The van der Waals surface area contributed by atoms with Crippen LogP contribution >= 0.6 is 0 Å². The Kier molecular flexibility index (Phi) is 7.53. The van der Waals surface area contributed by atoms with Crippen LogP contribution in [0.2, 0.25) is 0 Å². The summed E-state index contributed by atoms with van der Waals surface area (Å²) in [6.45, 7) is -0.729. The summed E-state index contributed by atoms with van der Waals surface area (Å²) in [4.78, 5) is 36.7. The average molecular weight is 417 g/mol. The van der Waals surface area contributed by atoms with Crippen LogP contribution in [0.1, 0.15) is 16.8 Å². The van der Waals surface area contributed by atoms with Gasteiger partial charge in [-0.15, -0.1) is 0 Å². The van der Waals surface area contributed by atoms with Gasteiger partial charge < -0.3 is 25.6 Å². The van der Waals surface area contributed by atoms with Gasteiger partial charge in [-0.3, -0.25) is 24.9 Å². The summed E-state index contributed by atoms with van der Waals surface area (Å²) in [6.07, 6.45) is -0.882. The highest BCUT2D eigenvalue weighted by Gasteiger charge is 2.19. The van der Waals surface area contributed by atoms with Gasteiger partial charge in [-0.05, 0) is 5.56 Å². The van der Waals surface area contributed by atoms with E-state index >= 15 is 0 Å². The molecule has 30 heavy (non-hydrogen) atoms. The van der Waals surface area contributed by atoms with Gasteiger partial charge in [0.2, 0.25) is 5.91 Å². The van der Waals surface area contributed by atoms with E-state index in [4.69, 9.17) is 15.9 Å². The highest BCUT2D eigenvalue weighted by Crippen LogP contribution is 2.22. The highest BCUT2D eigenvalue weighted by atomic mass is 16.5. The van der Waals surface area contributed by atoms with Crippen LogP contribution in [0.5, 0.6) is 5.75 Å². The number of nitrogens with zero attached hydrogens (tertiary/aromatic N) is 1. The van der Waals surface area contributed by atoms with Gasteiger partial charge in [0.1, 0.15) is 18.1 Å². The average Bonchev–Trinajstić information content (AvgIpc) is 2.75.